The average molecular weight is 894 g/mol. The van der Waals surface area contributed by atoms with Gasteiger partial charge in [-0.3, -0.25) is 0 Å². The maximum atomic E-state index is 3.32. The molecule has 0 rings (SSSR count). The Bertz CT molecular complexity index is 22.0. The van der Waals surface area contributed by atoms with E-state index < -0.39 is 31.0 Å². The van der Waals surface area contributed by atoms with Gasteiger partial charge in [0, 0.05) is 0 Å². The minimum atomic E-state index is -1.22. The van der Waals surface area contributed by atoms with Gasteiger partial charge in [0.2, 0.25) is 0 Å². The Morgan fingerprint density at radius 2 is 0.500 bits per heavy atom. The third kappa shape index (κ3) is 45.4. The van der Waals surface area contributed by atoms with E-state index in [1.54, 1.807) is 0 Å². The fourth-order valence-electron chi connectivity index (χ4n) is 0. The third-order valence-corrected chi connectivity index (χ3v) is 0. The molecule has 0 aromatic rings. The number of rotatable bonds is 0. The van der Waals surface area contributed by atoms with Crippen molar-refractivity contribution in [2.45, 2.75) is 0 Å². The van der Waals surface area contributed by atoms with Gasteiger partial charge < -0.3 is 0 Å². The van der Waals surface area contributed by atoms with E-state index in [1.807, 2.05) is 0 Å². The molecule has 0 aliphatic rings. The van der Waals surface area contributed by atoms with Gasteiger partial charge in [0.15, 0.2) is 0 Å². The summed E-state index contributed by atoms with van der Waals surface area (Å²) in [5.74, 6) is 0. The predicted molar refractivity (Wildman–Crippen MR) is 65.1 cm³/mol. The van der Waals surface area contributed by atoms with Crippen molar-refractivity contribution in [3.8, 4) is 0 Å². The molecule has 8 heavy (non-hydrogen) atoms. The summed E-state index contributed by atoms with van der Waals surface area (Å²) in [6, 6.07) is 0. The van der Waals surface area contributed by atoms with Gasteiger partial charge in [-0.1, -0.05) is 0 Å². The molecule has 0 aliphatic carbocycles. The summed E-state index contributed by atoms with van der Waals surface area (Å²) in [6.45, 7) is 0. The van der Waals surface area contributed by atoms with Crippen LogP contribution in [-0.2, 0) is 0 Å². The van der Waals surface area contributed by atoms with Crippen LogP contribution in [0.2, 0.25) is 0 Å². The SMILES string of the molecule is [Br][Pb]([Br])[Br].[Br][Pb]([Br])[Br]. The summed E-state index contributed by atoms with van der Waals surface area (Å²) >= 11 is 17.5. The van der Waals surface area contributed by atoms with E-state index in [2.05, 4.69) is 71.9 Å². The van der Waals surface area contributed by atoms with Crippen LogP contribution in [0.15, 0.2) is 0 Å². The van der Waals surface area contributed by atoms with Crippen molar-refractivity contribution in [3.05, 3.63) is 0 Å². The molecule has 0 fully saturated rings. The van der Waals surface area contributed by atoms with Crippen molar-refractivity contribution in [1.29, 1.82) is 0 Å². The molecular formula is Br6Pb2. The van der Waals surface area contributed by atoms with Crippen molar-refractivity contribution in [2.75, 3.05) is 0 Å². The Morgan fingerprint density at radius 1 is 0.500 bits per heavy atom. The summed E-state index contributed by atoms with van der Waals surface area (Å²) in [4.78, 5) is 0. The second-order valence-electron chi connectivity index (χ2n) is 0.429. The summed E-state index contributed by atoms with van der Waals surface area (Å²) < 4.78 is 0. The van der Waals surface area contributed by atoms with Gasteiger partial charge in [-0.25, -0.2) is 0 Å². The van der Waals surface area contributed by atoms with Gasteiger partial charge in [-0.15, -0.1) is 0 Å². The molecule has 2 radical (unpaired) electrons. The molecule has 0 unspecified atom stereocenters. The summed E-state index contributed by atoms with van der Waals surface area (Å²) in [7, 11) is 0. The van der Waals surface area contributed by atoms with Crippen LogP contribution < -0.4 is 0 Å². The zero-order valence-electron chi connectivity index (χ0n) is 3.27. The predicted octanol–water partition coefficient (Wildman–Crippen LogP) is 4.31. The van der Waals surface area contributed by atoms with Crippen LogP contribution in [0.5, 0.6) is 0 Å². The first kappa shape index (κ1) is 15.2. The van der Waals surface area contributed by atoms with Crippen LogP contribution in [0.1, 0.15) is 0 Å². The summed E-state index contributed by atoms with van der Waals surface area (Å²) in [6.07, 6.45) is 0. The Kier molecular flexibility index (Phi) is 22.3. The second kappa shape index (κ2) is 11.7. The monoisotopic (exact) mass is 889 g/mol. The molecule has 0 amide bonds. The molecule has 0 N–H and O–H groups in total. The van der Waals surface area contributed by atoms with Gasteiger partial charge in [0.1, 0.15) is 0 Å². The van der Waals surface area contributed by atoms with Gasteiger partial charge in [0.05, 0.1) is 0 Å². The first-order valence-electron chi connectivity index (χ1n) is 1.13. The van der Waals surface area contributed by atoms with Crippen LogP contribution in [0.25, 0.3) is 0 Å². The zero-order chi connectivity index (χ0) is 7.15. The molecule has 0 aliphatic heterocycles. The van der Waals surface area contributed by atoms with Crippen LogP contribution in [-0.4, -0.2) is 31.0 Å². The summed E-state index contributed by atoms with van der Waals surface area (Å²) in [5.41, 5.74) is 0. The Morgan fingerprint density at radius 3 is 0.500 bits per heavy atom. The number of hydrogen-bond acceptors (Lipinski definition) is 0. The third-order valence-electron chi connectivity index (χ3n) is 0. The molecule has 8 heteroatoms. The van der Waals surface area contributed by atoms with E-state index in [-0.39, 0.29) is 0 Å². The molecule has 0 aromatic carbocycles. The zero-order valence-corrected chi connectivity index (χ0v) is 20.6. The first-order valence-corrected chi connectivity index (χ1v) is 51.7. The van der Waals surface area contributed by atoms with Gasteiger partial charge in [-0.05, 0) is 0 Å². The van der Waals surface area contributed by atoms with Gasteiger partial charge in [0.25, 0.3) is 0 Å². The normalized spacial score (nSPS) is 9.00. The molecule has 0 saturated heterocycles. The van der Waals surface area contributed by atoms with E-state index in [9.17, 15) is 0 Å². The molecule has 0 bridgehead atoms. The van der Waals surface area contributed by atoms with Crippen LogP contribution in [0, 0.1) is 0 Å². The van der Waals surface area contributed by atoms with Crippen molar-refractivity contribution in [2.24, 2.45) is 0 Å². The molecule has 0 heterocycles. The van der Waals surface area contributed by atoms with Crippen molar-refractivity contribution >= 4 is 103 Å². The van der Waals surface area contributed by atoms with Crippen molar-refractivity contribution in [3.63, 3.8) is 0 Å². The van der Waals surface area contributed by atoms with Gasteiger partial charge >= 0.3 is 103 Å². The van der Waals surface area contributed by atoms with Crippen molar-refractivity contribution in [1.82, 2.24) is 0 Å². The average Bonchev–Trinajstić information content (AvgIpc) is 1.25. The fraction of sp³-hybridized carbons (Fsp3) is 0. The number of halogens is 6. The van der Waals surface area contributed by atoms with E-state index in [4.69, 9.17) is 0 Å². The molecule has 0 saturated carbocycles. The molecular weight excluding hydrogens is 894 g/mol. The van der Waals surface area contributed by atoms with E-state index in [0.717, 1.165) is 0 Å². The quantitative estimate of drug-likeness (QED) is 0.319. The Hall–Kier alpha value is 4.72. The van der Waals surface area contributed by atoms with Crippen LogP contribution in [0.3, 0.4) is 0 Å². The topological polar surface area (TPSA) is 0 Å². The first-order chi connectivity index (χ1) is 3.46. The maximum absolute atomic E-state index is 3.32. The van der Waals surface area contributed by atoms with Crippen molar-refractivity contribution < 1.29 is 0 Å². The second-order valence-corrected chi connectivity index (χ2v) is 102. The summed E-state index contributed by atoms with van der Waals surface area (Å²) in [5, 5.41) is 0. The molecule has 0 nitrogen and oxygen atoms in total. The number of hydrogen-bond donors (Lipinski definition) is 0. The van der Waals surface area contributed by atoms with Crippen LogP contribution in [0.4, 0.5) is 0 Å². The molecule has 0 spiro atoms. The van der Waals surface area contributed by atoms with E-state index in [1.165, 1.54) is 0 Å². The van der Waals surface area contributed by atoms with Gasteiger partial charge in [-0.2, -0.15) is 0 Å². The Balaban J connectivity index is 0. The van der Waals surface area contributed by atoms with E-state index >= 15 is 0 Å². The van der Waals surface area contributed by atoms with E-state index in [0.29, 0.717) is 0 Å². The van der Waals surface area contributed by atoms with Crippen LogP contribution >= 0.6 is 71.9 Å². The fourth-order valence-corrected chi connectivity index (χ4v) is 0. The molecule has 50 valence electrons. The standard InChI is InChI=1S/6BrH.2Pb/h6*1H;;/q;;;;;;2*+3/p-6. The Labute approximate surface area is 99.4 Å². The molecule has 0 aromatic heterocycles. The molecule has 0 atom stereocenters. The minimum absolute atomic E-state index is 1.22.